The molecule has 1 N–H and O–H groups in total. The van der Waals surface area contributed by atoms with Crippen molar-refractivity contribution in [2.45, 2.75) is 25.8 Å². The second-order valence-corrected chi connectivity index (χ2v) is 5.97. The molecule has 1 atom stereocenters. The summed E-state index contributed by atoms with van der Waals surface area (Å²) in [7, 11) is 0. The second-order valence-electron chi connectivity index (χ2n) is 5.97. The van der Waals surface area contributed by atoms with Crippen molar-refractivity contribution >= 4 is 5.97 Å². The van der Waals surface area contributed by atoms with Crippen LogP contribution in [0.2, 0.25) is 0 Å². The number of nitrogens with zero attached hydrogens (tertiary/aromatic N) is 2. The Bertz CT molecular complexity index is 650. The van der Waals surface area contributed by atoms with Crippen molar-refractivity contribution in [1.82, 2.24) is 9.88 Å². The van der Waals surface area contributed by atoms with E-state index in [-0.39, 0.29) is 5.56 Å². The Morgan fingerprint density at radius 1 is 1.27 bits per heavy atom. The van der Waals surface area contributed by atoms with Gasteiger partial charge in [0.1, 0.15) is 0 Å². The molecular weight excluding hydrogens is 276 g/mol. The summed E-state index contributed by atoms with van der Waals surface area (Å²) in [6.07, 6.45) is 2.60. The van der Waals surface area contributed by atoms with Crippen LogP contribution in [-0.4, -0.2) is 34.0 Å². The van der Waals surface area contributed by atoms with E-state index in [4.69, 9.17) is 5.11 Å². The van der Waals surface area contributed by atoms with Crippen molar-refractivity contribution in [2.75, 3.05) is 13.1 Å². The number of aromatic carboxylic acids is 1. The number of likely N-dealkylation sites (tertiary alicyclic amines) is 1. The highest BCUT2D eigenvalue weighted by molar-refractivity contribution is 5.87. The van der Waals surface area contributed by atoms with Crippen LogP contribution >= 0.6 is 0 Å². The number of benzene rings is 1. The molecule has 0 amide bonds. The van der Waals surface area contributed by atoms with E-state index in [2.05, 4.69) is 41.1 Å². The SMILES string of the molecule is Cc1ccc(C2CCN(Cc3ccc(C(=O)O)cn3)C2)cc1. The Hall–Kier alpha value is -2.20. The number of hydrogen-bond donors (Lipinski definition) is 1. The lowest BCUT2D eigenvalue weighted by Crippen LogP contribution is -2.20. The molecule has 0 bridgehead atoms. The van der Waals surface area contributed by atoms with Gasteiger partial charge in [0.2, 0.25) is 0 Å². The summed E-state index contributed by atoms with van der Waals surface area (Å²) in [6, 6.07) is 12.2. The number of pyridine rings is 1. The van der Waals surface area contributed by atoms with Gasteiger partial charge in [0, 0.05) is 19.3 Å². The zero-order valence-electron chi connectivity index (χ0n) is 12.7. The highest BCUT2D eigenvalue weighted by Gasteiger charge is 2.24. The largest absolute Gasteiger partial charge is 0.478 e. The predicted molar refractivity (Wildman–Crippen MR) is 85.0 cm³/mol. The van der Waals surface area contributed by atoms with Crippen molar-refractivity contribution in [3.05, 3.63) is 65.0 Å². The predicted octanol–water partition coefficient (Wildman–Crippen LogP) is 3.08. The van der Waals surface area contributed by atoms with E-state index in [0.29, 0.717) is 5.92 Å². The molecule has 0 spiro atoms. The molecule has 4 heteroatoms. The van der Waals surface area contributed by atoms with Crippen LogP contribution in [0.3, 0.4) is 0 Å². The van der Waals surface area contributed by atoms with Crippen LogP contribution in [0.1, 0.15) is 39.5 Å². The maximum absolute atomic E-state index is 10.8. The van der Waals surface area contributed by atoms with E-state index in [9.17, 15) is 4.79 Å². The molecule has 2 heterocycles. The third-order valence-electron chi connectivity index (χ3n) is 4.28. The van der Waals surface area contributed by atoms with Gasteiger partial charge in [-0.2, -0.15) is 0 Å². The summed E-state index contributed by atoms with van der Waals surface area (Å²) in [5, 5.41) is 8.89. The standard InChI is InChI=1S/C18H20N2O2/c1-13-2-4-14(5-3-13)16-8-9-20(11-16)12-17-7-6-15(10-19-17)18(21)22/h2-7,10,16H,8-9,11-12H2,1H3,(H,21,22). The molecule has 3 rings (SSSR count). The number of carboxylic acids is 1. The van der Waals surface area contributed by atoms with Crippen LogP contribution < -0.4 is 0 Å². The lowest BCUT2D eigenvalue weighted by atomic mass is 9.98. The van der Waals surface area contributed by atoms with E-state index in [0.717, 1.165) is 31.7 Å². The van der Waals surface area contributed by atoms with Crippen LogP contribution in [0.5, 0.6) is 0 Å². The average Bonchev–Trinajstić information content (AvgIpc) is 2.97. The fourth-order valence-electron chi connectivity index (χ4n) is 2.96. The molecule has 1 aliphatic rings. The van der Waals surface area contributed by atoms with E-state index in [1.54, 1.807) is 6.07 Å². The minimum absolute atomic E-state index is 0.239. The minimum atomic E-state index is -0.931. The van der Waals surface area contributed by atoms with Gasteiger partial charge in [-0.05, 0) is 43.5 Å². The number of aromatic nitrogens is 1. The molecule has 0 aliphatic carbocycles. The Morgan fingerprint density at radius 3 is 2.68 bits per heavy atom. The molecule has 1 unspecified atom stereocenters. The summed E-state index contributed by atoms with van der Waals surface area (Å²) in [6.45, 7) is 4.98. The molecule has 0 radical (unpaired) electrons. The van der Waals surface area contributed by atoms with E-state index < -0.39 is 5.97 Å². The topological polar surface area (TPSA) is 53.4 Å². The van der Waals surface area contributed by atoms with Crippen molar-refractivity contribution in [3.63, 3.8) is 0 Å². The second kappa shape index (κ2) is 6.28. The summed E-state index contributed by atoms with van der Waals surface area (Å²) >= 11 is 0. The molecule has 0 saturated carbocycles. The smallest absolute Gasteiger partial charge is 0.337 e. The third-order valence-corrected chi connectivity index (χ3v) is 4.28. The Balaban J connectivity index is 1.61. The minimum Gasteiger partial charge on any atom is -0.478 e. The maximum atomic E-state index is 10.8. The highest BCUT2D eigenvalue weighted by atomic mass is 16.4. The molecule has 4 nitrogen and oxygen atoms in total. The van der Waals surface area contributed by atoms with Gasteiger partial charge in [0.15, 0.2) is 0 Å². The summed E-state index contributed by atoms with van der Waals surface area (Å²) in [4.78, 5) is 17.5. The van der Waals surface area contributed by atoms with E-state index in [1.807, 2.05) is 6.07 Å². The normalized spacial score (nSPS) is 18.5. The van der Waals surface area contributed by atoms with Crippen LogP contribution in [0, 0.1) is 6.92 Å². The molecule has 2 aromatic rings. The van der Waals surface area contributed by atoms with Gasteiger partial charge in [-0.15, -0.1) is 0 Å². The van der Waals surface area contributed by atoms with Crippen LogP contribution in [0.4, 0.5) is 0 Å². The van der Waals surface area contributed by atoms with Gasteiger partial charge >= 0.3 is 5.97 Å². The number of hydrogen-bond acceptors (Lipinski definition) is 3. The van der Waals surface area contributed by atoms with Gasteiger partial charge in [-0.25, -0.2) is 4.79 Å². The Labute approximate surface area is 130 Å². The lowest BCUT2D eigenvalue weighted by molar-refractivity contribution is 0.0696. The first kappa shape index (κ1) is 14.7. The third kappa shape index (κ3) is 3.34. The molecule has 22 heavy (non-hydrogen) atoms. The first-order chi connectivity index (χ1) is 10.6. The molecule has 1 aromatic carbocycles. The Morgan fingerprint density at radius 2 is 2.05 bits per heavy atom. The summed E-state index contributed by atoms with van der Waals surface area (Å²) < 4.78 is 0. The van der Waals surface area contributed by atoms with Crippen molar-refractivity contribution in [3.8, 4) is 0 Å². The average molecular weight is 296 g/mol. The molecule has 1 aliphatic heterocycles. The van der Waals surface area contributed by atoms with Gasteiger partial charge in [0.25, 0.3) is 0 Å². The number of carboxylic acid groups (broad SMARTS) is 1. The highest BCUT2D eigenvalue weighted by Crippen LogP contribution is 2.28. The first-order valence-electron chi connectivity index (χ1n) is 7.59. The number of rotatable bonds is 4. The van der Waals surface area contributed by atoms with Crippen LogP contribution in [0.25, 0.3) is 0 Å². The van der Waals surface area contributed by atoms with Gasteiger partial charge in [0.05, 0.1) is 11.3 Å². The quantitative estimate of drug-likeness (QED) is 0.942. The van der Waals surface area contributed by atoms with E-state index >= 15 is 0 Å². The lowest BCUT2D eigenvalue weighted by Gasteiger charge is -2.16. The van der Waals surface area contributed by atoms with Crippen molar-refractivity contribution in [1.29, 1.82) is 0 Å². The first-order valence-corrected chi connectivity index (χ1v) is 7.59. The fourth-order valence-corrected chi connectivity index (χ4v) is 2.96. The fraction of sp³-hybridized carbons (Fsp3) is 0.333. The molecular formula is C18H20N2O2. The summed E-state index contributed by atoms with van der Waals surface area (Å²) in [5.41, 5.74) is 3.86. The number of carbonyl (C=O) groups is 1. The van der Waals surface area contributed by atoms with E-state index in [1.165, 1.54) is 17.3 Å². The van der Waals surface area contributed by atoms with Crippen molar-refractivity contribution in [2.24, 2.45) is 0 Å². The number of aryl methyl sites for hydroxylation is 1. The Kier molecular flexibility index (Phi) is 4.20. The zero-order chi connectivity index (χ0) is 15.5. The monoisotopic (exact) mass is 296 g/mol. The molecule has 1 fully saturated rings. The van der Waals surface area contributed by atoms with Gasteiger partial charge in [-0.1, -0.05) is 29.8 Å². The molecule has 1 aromatic heterocycles. The van der Waals surface area contributed by atoms with Crippen molar-refractivity contribution < 1.29 is 9.90 Å². The van der Waals surface area contributed by atoms with Gasteiger partial charge < -0.3 is 5.11 Å². The zero-order valence-corrected chi connectivity index (χ0v) is 12.7. The molecule has 114 valence electrons. The molecule has 1 saturated heterocycles. The maximum Gasteiger partial charge on any atom is 0.337 e. The summed E-state index contributed by atoms with van der Waals surface area (Å²) in [5.74, 6) is -0.349. The van der Waals surface area contributed by atoms with Gasteiger partial charge in [-0.3, -0.25) is 9.88 Å². The van der Waals surface area contributed by atoms with Crippen LogP contribution in [-0.2, 0) is 6.54 Å². The van der Waals surface area contributed by atoms with Crippen LogP contribution in [0.15, 0.2) is 42.6 Å².